The summed E-state index contributed by atoms with van der Waals surface area (Å²) in [4.78, 5) is 5.62. The number of fused-ring (bicyclic) bond motifs is 1. The summed E-state index contributed by atoms with van der Waals surface area (Å²) in [6.07, 6.45) is 4.39. The predicted molar refractivity (Wildman–Crippen MR) is 83.7 cm³/mol. The van der Waals surface area contributed by atoms with Gasteiger partial charge in [-0.2, -0.15) is 0 Å². The van der Waals surface area contributed by atoms with E-state index < -0.39 is 0 Å². The molecule has 0 saturated heterocycles. The molecule has 2 rings (SSSR count). The van der Waals surface area contributed by atoms with Gasteiger partial charge >= 0.3 is 0 Å². The van der Waals surface area contributed by atoms with Gasteiger partial charge in [-0.05, 0) is 55.6 Å². The summed E-state index contributed by atoms with van der Waals surface area (Å²) >= 11 is 0. The van der Waals surface area contributed by atoms with Gasteiger partial charge in [0.1, 0.15) is 0 Å². The SMILES string of the molecule is CN(C)CCc1c[nH]c2ccc(CC(C)(C)C)cc12. The van der Waals surface area contributed by atoms with Gasteiger partial charge in [-0.3, -0.25) is 0 Å². The molecule has 1 heterocycles. The highest BCUT2D eigenvalue weighted by Gasteiger charge is 2.12. The monoisotopic (exact) mass is 258 g/mol. The number of hydrogen-bond donors (Lipinski definition) is 1. The number of nitrogens with one attached hydrogen (secondary N) is 1. The lowest BCUT2D eigenvalue weighted by atomic mass is 9.87. The number of aromatic amines is 1. The molecule has 0 saturated carbocycles. The number of aromatic nitrogens is 1. The molecule has 0 aliphatic rings. The number of nitrogens with zero attached hydrogens (tertiary/aromatic N) is 1. The first-order chi connectivity index (χ1) is 8.85. The van der Waals surface area contributed by atoms with Gasteiger partial charge in [-0.15, -0.1) is 0 Å². The fraction of sp³-hybridized carbons (Fsp3) is 0.529. The molecule has 0 radical (unpaired) electrons. The van der Waals surface area contributed by atoms with Crippen LogP contribution in [0, 0.1) is 5.41 Å². The second-order valence-corrected chi connectivity index (χ2v) is 6.98. The zero-order valence-corrected chi connectivity index (χ0v) is 12.9. The summed E-state index contributed by atoms with van der Waals surface area (Å²) in [7, 11) is 4.25. The van der Waals surface area contributed by atoms with E-state index in [0.29, 0.717) is 5.41 Å². The molecule has 0 aliphatic heterocycles. The molecule has 1 aromatic heterocycles. The maximum atomic E-state index is 3.38. The zero-order valence-electron chi connectivity index (χ0n) is 12.9. The summed E-state index contributed by atoms with van der Waals surface area (Å²) in [5.74, 6) is 0. The van der Waals surface area contributed by atoms with Gasteiger partial charge in [0, 0.05) is 23.6 Å². The van der Waals surface area contributed by atoms with Crippen LogP contribution in [0.25, 0.3) is 10.9 Å². The number of rotatable bonds is 4. The molecule has 0 bridgehead atoms. The highest BCUT2D eigenvalue weighted by atomic mass is 15.0. The van der Waals surface area contributed by atoms with Gasteiger partial charge in [0.2, 0.25) is 0 Å². The van der Waals surface area contributed by atoms with Crippen LogP contribution in [-0.2, 0) is 12.8 Å². The van der Waals surface area contributed by atoms with Crippen LogP contribution in [-0.4, -0.2) is 30.5 Å². The van der Waals surface area contributed by atoms with Crippen molar-refractivity contribution < 1.29 is 0 Å². The van der Waals surface area contributed by atoms with Crippen molar-refractivity contribution in [3.8, 4) is 0 Å². The van der Waals surface area contributed by atoms with Gasteiger partial charge in [0.05, 0.1) is 0 Å². The zero-order chi connectivity index (χ0) is 14.0. The Morgan fingerprint density at radius 1 is 1.16 bits per heavy atom. The molecule has 104 valence electrons. The van der Waals surface area contributed by atoms with E-state index >= 15 is 0 Å². The minimum absolute atomic E-state index is 0.341. The smallest absolute Gasteiger partial charge is 0.0456 e. The third kappa shape index (κ3) is 3.84. The van der Waals surface area contributed by atoms with Crippen LogP contribution in [0.2, 0.25) is 0 Å². The number of H-pyrrole nitrogens is 1. The standard InChI is InChI=1S/C17H26N2/c1-17(2,3)11-13-6-7-16-15(10-13)14(12-18-16)8-9-19(4)5/h6-7,10,12,18H,8-9,11H2,1-5H3. The van der Waals surface area contributed by atoms with E-state index in [9.17, 15) is 0 Å². The Bertz CT molecular complexity index is 544. The van der Waals surface area contributed by atoms with Gasteiger partial charge in [0.15, 0.2) is 0 Å². The lowest BCUT2D eigenvalue weighted by Crippen LogP contribution is -2.14. The third-order valence-electron chi connectivity index (χ3n) is 3.39. The Morgan fingerprint density at radius 2 is 1.89 bits per heavy atom. The second kappa shape index (κ2) is 5.38. The fourth-order valence-electron chi connectivity index (χ4n) is 2.50. The summed E-state index contributed by atoms with van der Waals surface area (Å²) in [5, 5.41) is 1.39. The van der Waals surface area contributed by atoms with E-state index in [0.717, 1.165) is 19.4 Å². The van der Waals surface area contributed by atoms with E-state index in [1.807, 2.05) is 0 Å². The third-order valence-corrected chi connectivity index (χ3v) is 3.39. The maximum absolute atomic E-state index is 3.38. The first-order valence-electron chi connectivity index (χ1n) is 7.09. The van der Waals surface area contributed by atoms with Crippen molar-refractivity contribution >= 4 is 10.9 Å². The lowest BCUT2D eigenvalue weighted by Gasteiger charge is -2.18. The highest BCUT2D eigenvalue weighted by molar-refractivity contribution is 5.83. The molecule has 0 atom stereocenters. The van der Waals surface area contributed by atoms with Crippen molar-refractivity contribution in [3.63, 3.8) is 0 Å². The van der Waals surface area contributed by atoms with Crippen LogP contribution in [0.1, 0.15) is 31.9 Å². The van der Waals surface area contributed by atoms with Crippen molar-refractivity contribution in [2.24, 2.45) is 5.41 Å². The molecule has 0 aliphatic carbocycles. The van der Waals surface area contributed by atoms with Crippen molar-refractivity contribution in [1.29, 1.82) is 0 Å². The minimum atomic E-state index is 0.341. The number of benzene rings is 1. The quantitative estimate of drug-likeness (QED) is 0.882. The van der Waals surface area contributed by atoms with E-state index in [1.54, 1.807) is 0 Å². The van der Waals surface area contributed by atoms with E-state index in [1.165, 1.54) is 22.0 Å². The summed E-state index contributed by atoms with van der Waals surface area (Å²) in [5.41, 5.74) is 4.46. The molecule has 0 amide bonds. The van der Waals surface area contributed by atoms with Crippen molar-refractivity contribution in [1.82, 2.24) is 9.88 Å². The van der Waals surface area contributed by atoms with Crippen LogP contribution < -0.4 is 0 Å². The van der Waals surface area contributed by atoms with Crippen LogP contribution in [0.15, 0.2) is 24.4 Å². The van der Waals surface area contributed by atoms with Crippen LogP contribution in [0.3, 0.4) is 0 Å². The van der Waals surface area contributed by atoms with Crippen LogP contribution >= 0.6 is 0 Å². The van der Waals surface area contributed by atoms with E-state index in [2.05, 4.69) is 69.1 Å². The lowest BCUT2D eigenvalue weighted by molar-refractivity contribution is 0.411. The van der Waals surface area contributed by atoms with Gasteiger partial charge in [-0.1, -0.05) is 26.8 Å². The van der Waals surface area contributed by atoms with E-state index in [-0.39, 0.29) is 0 Å². The summed E-state index contributed by atoms with van der Waals surface area (Å²) in [6, 6.07) is 6.83. The summed E-state index contributed by atoms with van der Waals surface area (Å²) < 4.78 is 0. The molecule has 1 N–H and O–H groups in total. The van der Waals surface area contributed by atoms with Gasteiger partial charge in [-0.25, -0.2) is 0 Å². The Balaban J connectivity index is 2.26. The number of likely N-dealkylation sites (N-methyl/N-ethyl adjacent to an activating group) is 1. The molecule has 0 fully saturated rings. The van der Waals surface area contributed by atoms with Crippen LogP contribution in [0.4, 0.5) is 0 Å². The normalized spacial score (nSPS) is 12.5. The molecule has 2 aromatic rings. The molecule has 2 nitrogen and oxygen atoms in total. The fourth-order valence-corrected chi connectivity index (χ4v) is 2.50. The topological polar surface area (TPSA) is 19.0 Å². The first kappa shape index (κ1) is 14.1. The Labute approximate surface area is 116 Å². The molecule has 0 unspecified atom stereocenters. The Kier molecular flexibility index (Phi) is 4.00. The van der Waals surface area contributed by atoms with Crippen molar-refractivity contribution in [2.45, 2.75) is 33.6 Å². The summed E-state index contributed by atoms with van der Waals surface area (Å²) in [6.45, 7) is 7.97. The molecule has 1 aromatic carbocycles. The number of hydrogen-bond acceptors (Lipinski definition) is 1. The molecular formula is C17H26N2. The van der Waals surface area contributed by atoms with Crippen molar-refractivity contribution in [3.05, 3.63) is 35.5 Å². The highest BCUT2D eigenvalue weighted by Crippen LogP contribution is 2.25. The molecule has 19 heavy (non-hydrogen) atoms. The van der Waals surface area contributed by atoms with E-state index in [4.69, 9.17) is 0 Å². The van der Waals surface area contributed by atoms with Gasteiger partial charge < -0.3 is 9.88 Å². The largest absolute Gasteiger partial charge is 0.361 e. The Morgan fingerprint density at radius 3 is 2.53 bits per heavy atom. The minimum Gasteiger partial charge on any atom is -0.361 e. The van der Waals surface area contributed by atoms with Gasteiger partial charge in [0.25, 0.3) is 0 Å². The average molecular weight is 258 g/mol. The first-order valence-corrected chi connectivity index (χ1v) is 7.09. The van der Waals surface area contributed by atoms with Crippen molar-refractivity contribution in [2.75, 3.05) is 20.6 Å². The van der Waals surface area contributed by atoms with Crippen LogP contribution in [0.5, 0.6) is 0 Å². The Hall–Kier alpha value is -1.28. The maximum Gasteiger partial charge on any atom is 0.0456 e. The second-order valence-electron chi connectivity index (χ2n) is 6.98. The molecule has 0 spiro atoms. The average Bonchev–Trinajstić information content (AvgIpc) is 2.66. The predicted octanol–water partition coefficient (Wildman–Crippen LogP) is 3.86. The molecular weight excluding hydrogens is 232 g/mol. The molecule has 2 heteroatoms.